The first-order chi connectivity index (χ1) is 8.17. The van der Waals surface area contributed by atoms with Gasteiger partial charge in [0.25, 0.3) is 0 Å². The average Bonchev–Trinajstić information content (AvgIpc) is 2.34. The third kappa shape index (κ3) is 4.54. The lowest BCUT2D eigenvalue weighted by molar-refractivity contribution is 0.0163. The highest BCUT2D eigenvalue weighted by molar-refractivity contribution is 5.79. The van der Waals surface area contributed by atoms with Gasteiger partial charge in [0.2, 0.25) is 0 Å². The monoisotopic (exact) mass is 238 g/mol. The summed E-state index contributed by atoms with van der Waals surface area (Å²) >= 11 is 0. The van der Waals surface area contributed by atoms with E-state index in [1.807, 2.05) is 19.9 Å². The molecule has 0 fully saturated rings. The van der Waals surface area contributed by atoms with Crippen molar-refractivity contribution in [2.24, 2.45) is 0 Å². The van der Waals surface area contributed by atoms with Gasteiger partial charge in [0.15, 0.2) is 6.29 Å². The Morgan fingerprint density at radius 1 is 1.41 bits per heavy atom. The lowest BCUT2D eigenvalue weighted by atomic mass is 10.1. The Kier molecular flexibility index (Phi) is 5.66. The number of hydrogen-bond acceptors (Lipinski definition) is 4. The highest BCUT2D eigenvalue weighted by Crippen LogP contribution is 2.18. The van der Waals surface area contributed by atoms with Crippen molar-refractivity contribution in [1.82, 2.24) is 0 Å². The predicted molar refractivity (Wildman–Crippen MR) is 64.6 cm³/mol. The predicted octanol–water partition coefficient (Wildman–Crippen LogP) is 1.58. The van der Waals surface area contributed by atoms with E-state index < -0.39 is 6.10 Å². The first-order valence-electron chi connectivity index (χ1n) is 5.61. The van der Waals surface area contributed by atoms with Gasteiger partial charge < -0.3 is 14.6 Å². The zero-order valence-electron chi connectivity index (χ0n) is 10.2. The lowest BCUT2D eigenvalue weighted by Gasteiger charge is -2.13. The molecule has 1 unspecified atom stereocenters. The Morgan fingerprint density at radius 3 is 2.82 bits per heavy atom. The first kappa shape index (κ1) is 13.7. The van der Waals surface area contributed by atoms with Gasteiger partial charge in [-0.2, -0.15) is 0 Å². The van der Waals surface area contributed by atoms with E-state index in [-0.39, 0.29) is 13.2 Å². The molecule has 1 aromatic carbocycles. The molecule has 17 heavy (non-hydrogen) atoms. The summed E-state index contributed by atoms with van der Waals surface area (Å²) in [7, 11) is 0. The van der Waals surface area contributed by atoms with Crippen LogP contribution in [0.15, 0.2) is 18.2 Å². The minimum atomic E-state index is -0.684. The van der Waals surface area contributed by atoms with Crippen LogP contribution in [0.25, 0.3) is 0 Å². The van der Waals surface area contributed by atoms with Crippen molar-refractivity contribution in [3.05, 3.63) is 29.3 Å². The van der Waals surface area contributed by atoms with Crippen molar-refractivity contribution in [1.29, 1.82) is 0 Å². The summed E-state index contributed by atoms with van der Waals surface area (Å²) in [5.41, 5.74) is 1.49. The van der Waals surface area contributed by atoms with E-state index in [0.29, 0.717) is 17.9 Å². The van der Waals surface area contributed by atoms with E-state index in [9.17, 15) is 9.90 Å². The Morgan fingerprint density at radius 2 is 2.18 bits per heavy atom. The lowest BCUT2D eigenvalue weighted by Crippen LogP contribution is -2.23. The maximum atomic E-state index is 10.8. The number of aliphatic hydroxyl groups is 1. The molecule has 4 heteroatoms. The summed E-state index contributed by atoms with van der Waals surface area (Å²) < 4.78 is 10.4. The molecule has 1 aromatic rings. The number of aryl methyl sites for hydroxylation is 1. The number of aliphatic hydroxyl groups excluding tert-OH is 1. The number of rotatable bonds is 7. The molecule has 0 aliphatic heterocycles. The number of ether oxygens (including phenoxy) is 2. The van der Waals surface area contributed by atoms with E-state index in [4.69, 9.17) is 9.47 Å². The standard InChI is InChI=1S/C13H18O4/c1-3-16-8-12(15)9-17-13-5-4-10(2)6-11(13)7-14/h4-7,12,15H,3,8-9H2,1-2H3. The molecule has 0 aliphatic carbocycles. The van der Waals surface area contributed by atoms with Crippen LogP contribution in [0.5, 0.6) is 5.75 Å². The topological polar surface area (TPSA) is 55.8 Å². The third-order valence-electron chi connectivity index (χ3n) is 2.24. The third-order valence-corrected chi connectivity index (χ3v) is 2.24. The summed E-state index contributed by atoms with van der Waals surface area (Å²) in [4.78, 5) is 10.8. The smallest absolute Gasteiger partial charge is 0.153 e. The minimum Gasteiger partial charge on any atom is -0.490 e. The van der Waals surface area contributed by atoms with Gasteiger partial charge in [-0.25, -0.2) is 0 Å². The molecule has 0 spiro atoms. The van der Waals surface area contributed by atoms with Gasteiger partial charge in [0, 0.05) is 6.61 Å². The highest BCUT2D eigenvalue weighted by atomic mass is 16.5. The van der Waals surface area contributed by atoms with Crippen LogP contribution in [-0.4, -0.2) is 37.3 Å². The van der Waals surface area contributed by atoms with E-state index in [2.05, 4.69) is 0 Å². The van der Waals surface area contributed by atoms with E-state index in [1.54, 1.807) is 12.1 Å². The Bertz CT molecular complexity index is 362. The molecule has 0 saturated carbocycles. The second kappa shape index (κ2) is 7.04. The maximum absolute atomic E-state index is 10.8. The second-order valence-electron chi connectivity index (χ2n) is 3.78. The van der Waals surface area contributed by atoms with Crippen LogP contribution in [0, 0.1) is 6.92 Å². The maximum Gasteiger partial charge on any atom is 0.153 e. The number of aldehydes is 1. The van der Waals surface area contributed by atoms with Crippen LogP contribution < -0.4 is 4.74 Å². The van der Waals surface area contributed by atoms with Crippen LogP contribution in [0.3, 0.4) is 0 Å². The van der Waals surface area contributed by atoms with Crippen molar-refractivity contribution in [2.75, 3.05) is 19.8 Å². The molecule has 1 rings (SSSR count). The van der Waals surface area contributed by atoms with E-state index in [1.165, 1.54) is 0 Å². The minimum absolute atomic E-state index is 0.115. The largest absolute Gasteiger partial charge is 0.490 e. The van der Waals surface area contributed by atoms with Crippen molar-refractivity contribution in [2.45, 2.75) is 20.0 Å². The zero-order valence-corrected chi connectivity index (χ0v) is 10.2. The molecule has 94 valence electrons. The Labute approximate surface area is 101 Å². The summed E-state index contributed by atoms with van der Waals surface area (Å²) in [5.74, 6) is 0.487. The molecule has 0 saturated heterocycles. The normalized spacial score (nSPS) is 12.2. The molecule has 0 bridgehead atoms. The summed E-state index contributed by atoms with van der Waals surface area (Å²) in [6, 6.07) is 5.33. The molecule has 4 nitrogen and oxygen atoms in total. The molecule has 0 radical (unpaired) electrons. The molecule has 1 atom stereocenters. The second-order valence-corrected chi connectivity index (χ2v) is 3.78. The van der Waals surface area contributed by atoms with Crippen LogP contribution in [-0.2, 0) is 4.74 Å². The van der Waals surface area contributed by atoms with Gasteiger partial charge in [-0.3, -0.25) is 4.79 Å². The van der Waals surface area contributed by atoms with Gasteiger partial charge >= 0.3 is 0 Å². The number of carbonyl (C=O) groups excluding carboxylic acids is 1. The van der Waals surface area contributed by atoms with Crippen molar-refractivity contribution >= 4 is 6.29 Å². The molecular formula is C13H18O4. The average molecular weight is 238 g/mol. The van der Waals surface area contributed by atoms with E-state index in [0.717, 1.165) is 11.8 Å². The summed E-state index contributed by atoms with van der Waals surface area (Å²) in [5, 5.41) is 9.52. The number of carbonyl (C=O) groups is 1. The fourth-order valence-corrected chi connectivity index (χ4v) is 1.38. The molecule has 0 amide bonds. The fourth-order valence-electron chi connectivity index (χ4n) is 1.38. The molecule has 0 heterocycles. The Hall–Kier alpha value is -1.39. The summed E-state index contributed by atoms with van der Waals surface area (Å²) in [6.45, 7) is 4.67. The quantitative estimate of drug-likeness (QED) is 0.733. The van der Waals surface area contributed by atoms with Gasteiger partial charge in [-0.1, -0.05) is 11.6 Å². The van der Waals surface area contributed by atoms with Gasteiger partial charge in [-0.15, -0.1) is 0 Å². The van der Waals surface area contributed by atoms with Crippen molar-refractivity contribution in [3.8, 4) is 5.75 Å². The molecule has 0 aromatic heterocycles. The number of hydrogen-bond donors (Lipinski definition) is 1. The van der Waals surface area contributed by atoms with Crippen molar-refractivity contribution < 1.29 is 19.4 Å². The Balaban J connectivity index is 2.53. The van der Waals surface area contributed by atoms with Crippen molar-refractivity contribution in [3.63, 3.8) is 0 Å². The fraction of sp³-hybridized carbons (Fsp3) is 0.462. The van der Waals surface area contributed by atoms with Crippen LogP contribution in [0.2, 0.25) is 0 Å². The number of benzene rings is 1. The van der Waals surface area contributed by atoms with Gasteiger partial charge in [0.05, 0.1) is 12.2 Å². The SMILES string of the molecule is CCOCC(O)COc1ccc(C)cc1C=O. The van der Waals surface area contributed by atoms with Crippen LogP contribution in [0.4, 0.5) is 0 Å². The molecule has 0 aliphatic rings. The van der Waals surface area contributed by atoms with E-state index >= 15 is 0 Å². The highest BCUT2D eigenvalue weighted by Gasteiger charge is 2.08. The van der Waals surface area contributed by atoms with Crippen LogP contribution >= 0.6 is 0 Å². The molecular weight excluding hydrogens is 220 g/mol. The zero-order chi connectivity index (χ0) is 12.7. The van der Waals surface area contributed by atoms with Crippen LogP contribution in [0.1, 0.15) is 22.8 Å². The van der Waals surface area contributed by atoms with Gasteiger partial charge in [-0.05, 0) is 26.0 Å². The first-order valence-corrected chi connectivity index (χ1v) is 5.61. The molecule has 1 N–H and O–H groups in total. The van der Waals surface area contributed by atoms with Gasteiger partial charge in [0.1, 0.15) is 18.5 Å². The summed E-state index contributed by atoms with van der Waals surface area (Å²) in [6.07, 6.45) is 0.0628.